The molecule has 0 aliphatic heterocycles. The highest BCUT2D eigenvalue weighted by Crippen LogP contribution is 2.23. The quantitative estimate of drug-likeness (QED) is 0.357. The van der Waals surface area contributed by atoms with Gasteiger partial charge in [0.2, 0.25) is 5.91 Å². The number of aromatic nitrogens is 2. The molecule has 1 amide bonds. The molecule has 2 aromatic carbocycles. The summed E-state index contributed by atoms with van der Waals surface area (Å²) in [6, 6.07) is 15.6. The fourth-order valence-electron chi connectivity index (χ4n) is 2.91. The molecule has 0 fully saturated rings. The summed E-state index contributed by atoms with van der Waals surface area (Å²) in [5.74, 6) is 0.718. The highest BCUT2D eigenvalue weighted by molar-refractivity contribution is 7.71. The third-order valence-electron chi connectivity index (χ3n) is 4.31. The third-order valence-corrected chi connectivity index (χ3v) is 4.51. The van der Waals surface area contributed by atoms with Crippen LogP contribution in [0.15, 0.2) is 48.5 Å². The van der Waals surface area contributed by atoms with Crippen LogP contribution in [0.5, 0.6) is 0 Å². The molecule has 0 unspecified atom stereocenters. The highest BCUT2D eigenvalue weighted by Gasteiger charge is 2.06. The van der Waals surface area contributed by atoms with Gasteiger partial charge in [0.25, 0.3) is 0 Å². The zero-order chi connectivity index (χ0) is 20.6. The molecule has 152 valence electrons. The number of anilines is 2. The van der Waals surface area contributed by atoms with E-state index in [1.165, 1.54) is 0 Å². The molecule has 1 heterocycles. The van der Waals surface area contributed by atoms with Gasteiger partial charge in [0.15, 0.2) is 4.77 Å². The Kier molecular flexibility index (Phi) is 7.32. The first-order valence-corrected chi connectivity index (χ1v) is 10.2. The second kappa shape index (κ2) is 10.1. The minimum absolute atomic E-state index is 0.0114. The van der Waals surface area contributed by atoms with Crippen molar-refractivity contribution in [1.82, 2.24) is 15.3 Å². The average Bonchev–Trinajstić information content (AvgIpc) is 2.69. The maximum Gasteiger partial charge on any atom is 0.224 e. The van der Waals surface area contributed by atoms with Gasteiger partial charge in [-0.2, -0.15) is 0 Å². The first-order chi connectivity index (χ1) is 14.0. The second-order valence-electron chi connectivity index (χ2n) is 7.06. The van der Waals surface area contributed by atoms with E-state index in [2.05, 4.69) is 20.6 Å². The standard InChI is InChI=1S/C22H26N4O2S/c1-15(2)28-13-5-12-23-20(27)14-16-8-10-17(11-9-16)24-21-18-6-3-4-7-19(18)25-22(29)26-21/h3-4,6-11,15H,5,12-14H2,1-2H3,(H,23,27)(H2,24,25,26,29). The molecule has 0 saturated heterocycles. The average molecular weight is 411 g/mol. The smallest absolute Gasteiger partial charge is 0.224 e. The van der Waals surface area contributed by atoms with Crippen molar-refractivity contribution in [3.8, 4) is 0 Å². The molecule has 0 bridgehead atoms. The predicted molar refractivity (Wildman–Crippen MR) is 119 cm³/mol. The van der Waals surface area contributed by atoms with Crippen LogP contribution < -0.4 is 10.6 Å². The Balaban J connectivity index is 1.56. The van der Waals surface area contributed by atoms with Crippen LogP contribution in [0.1, 0.15) is 25.8 Å². The number of hydrogen-bond donors (Lipinski definition) is 3. The van der Waals surface area contributed by atoms with Gasteiger partial charge in [-0.1, -0.05) is 24.3 Å². The molecule has 1 aromatic heterocycles. The maximum atomic E-state index is 12.1. The van der Waals surface area contributed by atoms with Crippen LogP contribution >= 0.6 is 12.2 Å². The number of aromatic amines is 1. The maximum absolute atomic E-state index is 12.1. The van der Waals surface area contributed by atoms with Crippen molar-refractivity contribution in [2.75, 3.05) is 18.5 Å². The molecule has 6 nitrogen and oxygen atoms in total. The molecule has 7 heteroatoms. The molecule has 3 rings (SSSR count). The van der Waals surface area contributed by atoms with E-state index in [-0.39, 0.29) is 12.0 Å². The summed E-state index contributed by atoms with van der Waals surface area (Å²) >= 11 is 5.22. The van der Waals surface area contributed by atoms with Gasteiger partial charge < -0.3 is 20.4 Å². The van der Waals surface area contributed by atoms with Crippen LogP contribution in [-0.2, 0) is 16.0 Å². The molecule has 0 aliphatic rings. The van der Waals surface area contributed by atoms with Crippen LogP contribution in [0.3, 0.4) is 0 Å². The van der Waals surface area contributed by atoms with E-state index in [0.717, 1.165) is 28.6 Å². The summed E-state index contributed by atoms with van der Waals surface area (Å²) in [7, 11) is 0. The van der Waals surface area contributed by atoms with Crippen molar-refractivity contribution >= 4 is 40.5 Å². The van der Waals surface area contributed by atoms with Gasteiger partial charge >= 0.3 is 0 Å². The van der Waals surface area contributed by atoms with E-state index in [4.69, 9.17) is 17.0 Å². The van der Waals surface area contributed by atoms with Gasteiger partial charge in [-0.3, -0.25) is 4.79 Å². The lowest BCUT2D eigenvalue weighted by Crippen LogP contribution is -2.27. The molecule has 0 saturated carbocycles. The number of rotatable bonds is 9. The third kappa shape index (κ3) is 6.37. The van der Waals surface area contributed by atoms with Gasteiger partial charge in [-0.25, -0.2) is 4.98 Å². The summed E-state index contributed by atoms with van der Waals surface area (Å²) in [6.45, 7) is 5.28. The largest absolute Gasteiger partial charge is 0.379 e. The Hall–Kier alpha value is -2.77. The Morgan fingerprint density at radius 2 is 1.93 bits per heavy atom. The molecule has 0 radical (unpaired) electrons. The molecular weight excluding hydrogens is 384 g/mol. The first-order valence-electron chi connectivity index (χ1n) is 9.74. The molecule has 0 aliphatic carbocycles. The van der Waals surface area contributed by atoms with Crippen molar-refractivity contribution in [2.24, 2.45) is 0 Å². The van der Waals surface area contributed by atoms with Crippen LogP contribution in [0, 0.1) is 4.77 Å². The Morgan fingerprint density at radius 3 is 2.69 bits per heavy atom. The first kappa shape index (κ1) is 21.0. The van der Waals surface area contributed by atoms with E-state index >= 15 is 0 Å². The van der Waals surface area contributed by atoms with Crippen molar-refractivity contribution in [2.45, 2.75) is 32.8 Å². The van der Waals surface area contributed by atoms with E-state index < -0.39 is 0 Å². The topological polar surface area (TPSA) is 79.0 Å². The summed E-state index contributed by atoms with van der Waals surface area (Å²) in [5, 5.41) is 7.20. The Morgan fingerprint density at radius 1 is 1.17 bits per heavy atom. The van der Waals surface area contributed by atoms with Gasteiger partial charge in [-0.05, 0) is 62.3 Å². The normalized spacial score (nSPS) is 11.0. The van der Waals surface area contributed by atoms with E-state index in [1.54, 1.807) is 0 Å². The monoisotopic (exact) mass is 410 g/mol. The number of H-pyrrole nitrogens is 1. The number of nitrogens with one attached hydrogen (secondary N) is 3. The SMILES string of the molecule is CC(C)OCCCNC(=O)Cc1ccc(Nc2nc(=S)[nH]c3ccccc23)cc1. The van der Waals surface area contributed by atoms with Crippen LogP contribution in [-0.4, -0.2) is 35.1 Å². The minimum atomic E-state index is 0.0114. The van der Waals surface area contributed by atoms with Crippen LogP contribution in [0.4, 0.5) is 11.5 Å². The lowest BCUT2D eigenvalue weighted by atomic mass is 10.1. The summed E-state index contributed by atoms with van der Waals surface area (Å²) in [6.07, 6.45) is 1.38. The summed E-state index contributed by atoms with van der Waals surface area (Å²) in [4.78, 5) is 19.6. The number of fused-ring (bicyclic) bond motifs is 1. The van der Waals surface area contributed by atoms with Crippen LogP contribution in [0.25, 0.3) is 10.9 Å². The van der Waals surface area contributed by atoms with Crippen molar-refractivity contribution in [3.05, 3.63) is 58.9 Å². The highest BCUT2D eigenvalue weighted by atomic mass is 32.1. The van der Waals surface area contributed by atoms with Gasteiger partial charge in [0.05, 0.1) is 18.0 Å². The molecule has 3 aromatic rings. The Bertz CT molecular complexity index is 1020. The summed E-state index contributed by atoms with van der Waals surface area (Å²) < 4.78 is 5.90. The van der Waals surface area contributed by atoms with Gasteiger partial charge in [0.1, 0.15) is 5.82 Å². The Labute approximate surface area is 175 Å². The number of amides is 1. The lowest BCUT2D eigenvalue weighted by Gasteiger charge is -2.10. The van der Waals surface area contributed by atoms with Gasteiger partial charge in [0, 0.05) is 24.2 Å². The van der Waals surface area contributed by atoms with Gasteiger partial charge in [-0.15, -0.1) is 0 Å². The number of benzene rings is 2. The second-order valence-corrected chi connectivity index (χ2v) is 7.44. The number of ether oxygens (including phenoxy) is 1. The number of carbonyl (C=O) groups excluding carboxylic acids is 1. The predicted octanol–water partition coefficient (Wildman–Crippen LogP) is 4.51. The molecular formula is C22H26N4O2S. The zero-order valence-corrected chi connectivity index (χ0v) is 17.5. The minimum Gasteiger partial charge on any atom is -0.379 e. The summed E-state index contributed by atoms with van der Waals surface area (Å²) in [5.41, 5.74) is 2.77. The lowest BCUT2D eigenvalue weighted by molar-refractivity contribution is -0.120. The number of nitrogens with zero attached hydrogens (tertiary/aromatic N) is 1. The fourth-order valence-corrected chi connectivity index (χ4v) is 3.11. The van der Waals surface area contributed by atoms with Crippen LogP contribution in [0.2, 0.25) is 0 Å². The number of carbonyl (C=O) groups is 1. The number of hydrogen-bond acceptors (Lipinski definition) is 5. The molecule has 3 N–H and O–H groups in total. The van der Waals surface area contributed by atoms with E-state index in [1.807, 2.05) is 62.4 Å². The zero-order valence-electron chi connectivity index (χ0n) is 16.7. The van der Waals surface area contributed by atoms with E-state index in [9.17, 15) is 4.79 Å². The number of para-hydroxylation sites is 1. The fraction of sp³-hybridized carbons (Fsp3) is 0.318. The molecule has 29 heavy (non-hydrogen) atoms. The molecule has 0 atom stereocenters. The van der Waals surface area contributed by atoms with Crippen molar-refractivity contribution in [1.29, 1.82) is 0 Å². The van der Waals surface area contributed by atoms with Crippen molar-refractivity contribution < 1.29 is 9.53 Å². The molecule has 0 spiro atoms. The van der Waals surface area contributed by atoms with E-state index in [0.29, 0.717) is 30.2 Å². The van der Waals surface area contributed by atoms with Crippen molar-refractivity contribution in [3.63, 3.8) is 0 Å².